The zero-order valence-corrected chi connectivity index (χ0v) is 14.6. The molecule has 136 valence electrons. The Bertz CT molecular complexity index is 632. The number of rotatable bonds is 6. The first-order chi connectivity index (χ1) is 12.0. The summed E-state index contributed by atoms with van der Waals surface area (Å²) < 4.78 is 10.3. The summed E-state index contributed by atoms with van der Waals surface area (Å²) >= 11 is 0. The molecule has 1 fully saturated rings. The minimum Gasteiger partial charge on any atom is -0.495 e. The molecule has 1 aromatic rings. The number of carbonyl (C=O) groups is 3. The Balaban J connectivity index is 1.87. The van der Waals surface area contributed by atoms with E-state index in [4.69, 9.17) is 9.47 Å². The summed E-state index contributed by atoms with van der Waals surface area (Å²) in [6.45, 7) is 1.92. The molecule has 1 aliphatic heterocycles. The van der Waals surface area contributed by atoms with Crippen LogP contribution in [-0.4, -0.2) is 49.0 Å². The van der Waals surface area contributed by atoms with Crippen molar-refractivity contribution >= 4 is 23.5 Å². The third kappa shape index (κ3) is 5.48. The van der Waals surface area contributed by atoms with Gasteiger partial charge in [-0.3, -0.25) is 14.4 Å². The lowest BCUT2D eigenvalue weighted by atomic mass is 10.2. The highest BCUT2D eigenvalue weighted by Crippen LogP contribution is 2.23. The number of amides is 2. The molecule has 1 atom stereocenters. The maximum absolute atomic E-state index is 12.2. The maximum Gasteiger partial charge on any atom is 0.326 e. The van der Waals surface area contributed by atoms with Crippen LogP contribution in [0.15, 0.2) is 24.3 Å². The van der Waals surface area contributed by atoms with Gasteiger partial charge in [-0.1, -0.05) is 18.6 Å². The van der Waals surface area contributed by atoms with Crippen molar-refractivity contribution in [1.29, 1.82) is 0 Å². The van der Waals surface area contributed by atoms with Gasteiger partial charge >= 0.3 is 5.97 Å². The van der Waals surface area contributed by atoms with E-state index >= 15 is 0 Å². The van der Waals surface area contributed by atoms with E-state index in [0.717, 1.165) is 19.3 Å². The smallest absolute Gasteiger partial charge is 0.326 e. The highest BCUT2D eigenvalue weighted by molar-refractivity contribution is 5.96. The zero-order chi connectivity index (χ0) is 18.2. The van der Waals surface area contributed by atoms with E-state index in [-0.39, 0.29) is 12.5 Å². The highest BCUT2D eigenvalue weighted by atomic mass is 16.5. The standard InChI is InChI=1S/C18H24N2O5/c1-13(18(23)19-14-8-5-6-9-15(14)24-2)25-17(22)12-20-11-7-3-4-10-16(20)21/h5-6,8-9,13H,3-4,7,10-12H2,1-2H3,(H,19,23)/t13-/m1/s1. The van der Waals surface area contributed by atoms with Gasteiger partial charge in [0.25, 0.3) is 5.91 Å². The number of hydrogen-bond acceptors (Lipinski definition) is 5. The predicted octanol–water partition coefficient (Wildman–Crippen LogP) is 1.97. The predicted molar refractivity (Wildman–Crippen MR) is 92.2 cm³/mol. The Kier molecular flexibility index (Phi) is 6.80. The van der Waals surface area contributed by atoms with E-state index in [9.17, 15) is 14.4 Å². The average molecular weight is 348 g/mol. The molecular formula is C18H24N2O5. The van der Waals surface area contributed by atoms with Crippen LogP contribution < -0.4 is 10.1 Å². The topological polar surface area (TPSA) is 84.9 Å². The van der Waals surface area contributed by atoms with E-state index in [1.54, 1.807) is 24.3 Å². The minimum atomic E-state index is -0.973. The monoisotopic (exact) mass is 348 g/mol. The highest BCUT2D eigenvalue weighted by Gasteiger charge is 2.23. The maximum atomic E-state index is 12.2. The molecule has 0 unspecified atom stereocenters. The summed E-state index contributed by atoms with van der Waals surface area (Å²) in [6, 6.07) is 6.97. The Morgan fingerprint density at radius 3 is 2.76 bits per heavy atom. The van der Waals surface area contributed by atoms with Gasteiger partial charge in [0.05, 0.1) is 12.8 Å². The third-order valence-corrected chi connectivity index (χ3v) is 4.03. The van der Waals surface area contributed by atoms with Gasteiger partial charge in [-0.05, 0) is 31.9 Å². The fourth-order valence-electron chi connectivity index (χ4n) is 2.63. The number of nitrogens with zero attached hydrogens (tertiary/aromatic N) is 1. The van der Waals surface area contributed by atoms with Crippen molar-refractivity contribution in [1.82, 2.24) is 4.90 Å². The van der Waals surface area contributed by atoms with Crippen LogP contribution in [0.5, 0.6) is 5.75 Å². The molecule has 1 heterocycles. The zero-order valence-electron chi connectivity index (χ0n) is 14.6. The summed E-state index contributed by atoms with van der Waals surface area (Å²) in [5, 5.41) is 2.67. The summed E-state index contributed by atoms with van der Waals surface area (Å²) in [5.41, 5.74) is 0.501. The molecule has 0 spiro atoms. The van der Waals surface area contributed by atoms with Crippen LogP contribution in [0.4, 0.5) is 5.69 Å². The van der Waals surface area contributed by atoms with Crippen LogP contribution in [0.2, 0.25) is 0 Å². The van der Waals surface area contributed by atoms with Crippen LogP contribution in [0.1, 0.15) is 32.6 Å². The molecule has 2 rings (SSSR count). The molecule has 25 heavy (non-hydrogen) atoms. The minimum absolute atomic E-state index is 0.0411. The van der Waals surface area contributed by atoms with Crippen molar-refractivity contribution in [2.45, 2.75) is 38.7 Å². The lowest BCUT2D eigenvalue weighted by Crippen LogP contribution is -2.38. The molecule has 0 radical (unpaired) electrons. The number of esters is 1. The molecule has 0 saturated carbocycles. The second kappa shape index (κ2) is 9.05. The van der Waals surface area contributed by atoms with Crippen LogP contribution in [0, 0.1) is 0 Å². The third-order valence-electron chi connectivity index (χ3n) is 4.03. The number of ether oxygens (including phenoxy) is 2. The molecule has 1 saturated heterocycles. The summed E-state index contributed by atoms with van der Waals surface area (Å²) in [5.74, 6) is -0.567. The fourth-order valence-corrected chi connectivity index (χ4v) is 2.63. The summed E-state index contributed by atoms with van der Waals surface area (Å²) in [6.07, 6.45) is 2.19. The first-order valence-electron chi connectivity index (χ1n) is 8.42. The Hall–Kier alpha value is -2.57. The molecule has 0 aromatic heterocycles. The molecule has 2 amide bonds. The molecule has 1 N–H and O–H groups in total. The van der Waals surface area contributed by atoms with E-state index in [1.807, 2.05) is 0 Å². The van der Waals surface area contributed by atoms with Crippen LogP contribution in [-0.2, 0) is 19.1 Å². The number of para-hydroxylation sites is 2. The van der Waals surface area contributed by atoms with Crippen LogP contribution >= 0.6 is 0 Å². The first-order valence-corrected chi connectivity index (χ1v) is 8.42. The first kappa shape index (κ1) is 18.8. The molecule has 7 heteroatoms. The normalized spacial score (nSPS) is 15.9. The number of benzene rings is 1. The number of anilines is 1. The van der Waals surface area contributed by atoms with Gasteiger partial charge in [0, 0.05) is 13.0 Å². The number of carbonyl (C=O) groups excluding carboxylic acids is 3. The van der Waals surface area contributed by atoms with Crippen molar-refractivity contribution < 1.29 is 23.9 Å². The quantitative estimate of drug-likeness (QED) is 0.795. The van der Waals surface area contributed by atoms with Crippen molar-refractivity contribution in [3.05, 3.63) is 24.3 Å². The fraction of sp³-hybridized carbons (Fsp3) is 0.500. The second-order valence-corrected chi connectivity index (χ2v) is 5.95. The largest absolute Gasteiger partial charge is 0.495 e. The van der Waals surface area contributed by atoms with Crippen molar-refractivity contribution in [3.63, 3.8) is 0 Å². The Morgan fingerprint density at radius 2 is 2.00 bits per heavy atom. The van der Waals surface area contributed by atoms with Gasteiger partial charge < -0.3 is 19.7 Å². The molecule has 1 aromatic carbocycles. The Labute approximate surface area is 147 Å². The van der Waals surface area contributed by atoms with Gasteiger partial charge in [0.1, 0.15) is 12.3 Å². The number of likely N-dealkylation sites (tertiary alicyclic amines) is 1. The number of nitrogens with one attached hydrogen (secondary N) is 1. The van der Waals surface area contributed by atoms with Crippen LogP contribution in [0.25, 0.3) is 0 Å². The molecule has 7 nitrogen and oxygen atoms in total. The summed E-state index contributed by atoms with van der Waals surface area (Å²) in [4.78, 5) is 37.6. The lowest BCUT2D eigenvalue weighted by molar-refractivity contribution is -0.156. The average Bonchev–Trinajstić information content (AvgIpc) is 2.79. The molecular weight excluding hydrogens is 324 g/mol. The lowest BCUT2D eigenvalue weighted by Gasteiger charge is -2.21. The molecule has 0 bridgehead atoms. The van der Waals surface area contributed by atoms with Crippen molar-refractivity contribution in [3.8, 4) is 5.75 Å². The van der Waals surface area contributed by atoms with E-state index in [0.29, 0.717) is 24.4 Å². The molecule has 0 aliphatic carbocycles. The van der Waals surface area contributed by atoms with Crippen molar-refractivity contribution in [2.75, 3.05) is 25.5 Å². The van der Waals surface area contributed by atoms with Gasteiger partial charge in [0.2, 0.25) is 5.91 Å². The van der Waals surface area contributed by atoms with E-state index in [1.165, 1.54) is 18.9 Å². The number of methoxy groups -OCH3 is 1. The van der Waals surface area contributed by atoms with Gasteiger partial charge in [-0.2, -0.15) is 0 Å². The number of hydrogen-bond donors (Lipinski definition) is 1. The van der Waals surface area contributed by atoms with Crippen molar-refractivity contribution in [2.24, 2.45) is 0 Å². The van der Waals surface area contributed by atoms with Gasteiger partial charge in [-0.15, -0.1) is 0 Å². The van der Waals surface area contributed by atoms with Crippen LogP contribution in [0.3, 0.4) is 0 Å². The summed E-state index contributed by atoms with van der Waals surface area (Å²) in [7, 11) is 1.51. The van der Waals surface area contributed by atoms with Gasteiger partial charge in [-0.25, -0.2) is 0 Å². The SMILES string of the molecule is COc1ccccc1NC(=O)[C@@H](C)OC(=O)CN1CCCCCC1=O. The second-order valence-electron chi connectivity index (χ2n) is 5.95. The molecule has 1 aliphatic rings. The Morgan fingerprint density at radius 1 is 1.24 bits per heavy atom. The van der Waals surface area contributed by atoms with E-state index in [2.05, 4.69) is 5.32 Å². The van der Waals surface area contributed by atoms with E-state index < -0.39 is 18.0 Å². The van der Waals surface area contributed by atoms with Gasteiger partial charge in [0.15, 0.2) is 6.10 Å².